The zero-order valence-corrected chi connectivity index (χ0v) is 11.4. The minimum Gasteiger partial charge on any atom is -0.466 e. The van der Waals surface area contributed by atoms with Crippen molar-refractivity contribution in [1.82, 2.24) is 0 Å². The van der Waals surface area contributed by atoms with Crippen LogP contribution in [-0.4, -0.2) is 48.2 Å². The molecule has 0 saturated heterocycles. The van der Waals surface area contributed by atoms with Crippen LogP contribution in [-0.2, 0) is 30.2 Å². The van der Waals surface area contributed by atoms with E-state index in [2.05, 4.69) is 0 Å². The van der Waals surface area contributed by atoms with Gasteiger partial charge in [0.2, 0.25) is 0 Å². The van der Waals surface area contributed by atoms with Gasteiger partial charge in [-0.3, -0.25) is 9.00 Å². The molecule has 0 aromatic rings. The summed E-state index contributed by atoms with van der Waals surface area (Å²) in [6.07, 6.45) is 1.16. The van der Waals surface area contributed by atoms with E-state index in [1.807, 2.05) is 0 Å². The summed E-state index contributed by atoms with van der Waals surface area (Å²) in [6, 6.07) is 0. The number of ether oxygens (including phenoxy) is 1. The van der Waals surface area contributed by atoms with Crippen LogP contribution in [0.4, 0.5) is 0 Å². The number of sulfone groups is 1. The zero-order chi connectivity index (χ0) is 12.8. The van der Waals surface area contributed by atoms with Crippen molar-refractivity contribution in [3.8, 4) is 0 Å². The molecule has 0 rings (SSSR count). The largest absolute Gasteiger partial charge is 0.466 e. The summed E-state index contributed by atoms with van der Waals surface area (Å²) >= 11 is 0. The maximum absolute atomic E-state index is 11.6. The molecule has 0 radical (unpaired) electrons. The Balaban J connectivity index is 4.05. The molecule has 0 saturated carbocycles. The van der Waals surface area contributed by atoms with Crippen LogP contribution in [0.2, 0.25) is 0 Å². The van der Waals surface area contributed by atoms with Gasteiger partial charge in [0.15, 0.2) is 0 Å². The van der Waals surface area contributed by atoms with Crippen LogP contribution in [0.25, 0.3) is 0 Å². The highest BCUT2D eigenvalue weighted by molar-refractivity contribution is 7.92. The van der Waals surface area contributed by atoms with Gasteiger partial charge in [-0.2, -0.15) is 0 Å². The van der Waals surface area contributed by atoms with Gasteiger partial charge in [-0.1, -0.05) is 6.92 Å². The molecule has 0 aromatic heterocycles. The SMILES string of the molecule is CCOC(=O)CC(C)S(=O)CCS(C)(=O)=O. The quantitative estimate of drug-likeness (QED) is 0.614. The summed E-state index contributed by atoms with van der Waals surface area (Å²) in [5.74, 6) is -0.450. The van der Waals surface area contributed by atoms with E-state index in [9.17, 15) is 17.4 Å². The minimum atomic E-state index is -3.10. The topological polar surface area (TPSA) is 77.5 Å². The van der Waals surface area contributed by atoms with Crippen molar-refractivity contribution in [2.45, 2.75) is 25.5 Å². The normalized spacial score (nSPS) is 15.4. The van der Waals surface area contributed by atoms with Crippen molar-refractivity contribution in [1.29, 1.82) is 0 Å². The highest BCUT2D eigenvalue weighted by Gasteiger charge is 2.17. The molecule has 0 aliphatic carbocycles. The van der Waals surface area contributed by atoms with Crippen LogP contribution in [0.1, 0.15) is 20.3 Å². The number of rotatable bonds is 7. The average Bonchev–Trinajstić information content (AvgIpc) is 2.13. The lowest BCUT2D eigenvalue weighted by Crippen LogP contribution is -2.23. The molecular weight excluding hydrogens is 252 g/mol. The molecule has 0 amide bonds. The Morgan fingerprint density at radius 3 is 2.44 bits per heavy atom. The van der Waals surface area contributed by atoms with Crippen molar-refractivity contribution in [3.63, 3.8) is 0 Å². The molecule has 16 heavy (non-hydrogen) atoms. The first kappa shape index (κ1) is 15.6. The molecule has 0 N–H and O–H groups in total. The Hall–Kier alpha value is -0.430. The highest BCUT2D eigenvalue weighted by atomic mass is 32.2. The van der Waals surface area contributed by atoms with Gasteiger partial charge in [0, 0.05) is 28.1 Å². The van der Waals surface area contributed by atoms with E-state index in [1.54, 1.807) is 13.8 Å². The molecule has 2 atom stereocenters. The number of carbonyl (C=O) groups is 1. The van der Waals surface area contributed by atoms with E-state index in [1.165, 1.54) is 0 Å². The first-order valence-electron chi connectivity index (χ1n) is 4.96. The van der Waals surface area contributed by atoms with E-state index in [-0.39, 0.29) is 23.2 Å². The maximum Gasteiger partial charge on any atom is 0.306 e. The van der Waals surface area contributed by atoms with Gasteiger partial charge in [-0.05, 0) is 6.92 Å². The number of esters is 1. The lowest BCUT2D eigenvalue weighted by molar-refractivity contribution is -0.143. The first-order valence-corrected chi connectivity index (χ1v) is 8.41. The number of hydrogen-bond donors (Lipinski definition) is 0. The summed E-state index contributed by atoms with van der Waals surface area (Å²) in [6.45, 7) is 3.64. The predicted octanol–water partition coefficient (Wildman–Crippen LogP) is 0.121. The third kappa shape index (κ3) is 7.81. The fraction of sp³-hybridized carbons (Fsp3) is 0.889. The molecule has 0 bridgehead atoms. The molecule has 2 unspecified atom stereocenters. The predicted molar refractivity (Wildman–Crippen MR) is 63.4 cm³/mol. The van der Waals surface area contributed by atoms with Gasteiger partial charge >= 0.3 is 5.97 Å². The fourth-order valence-corrected chi connectivity index (χ4v) is 3.57. The summed E-state index contributed by atoms with van der Waals surface area (Å²) < 4.78 is 38.0. The van der Waals surface area contributed by atoms with Crippen LogP contribution in [0, 0.1) is 0 Å². The van der Waals surface area contributed by atoms with Gasteiger partial charge in [-0.15, -0.1) is 0 Å². The van der Waals surface area contributed by atoms with E-state index >= 15 is 0 Å². The lowest BCUT2D eigenvalue weighted by atomic mass is 10.3. The number of carbonyl (C=O) groups excluding carboxylic acids is 1. The van der Waals surface area contributed by atoms with Crippen molar-refractivity contribution >= 4 is 26.6 Å². The second-order valence-electron chi connectivity index (χ2n) is 3.53. The molecular formula is C9H18O5S2. The van der Waals surface area contributed by atoms with Gasteiger partial charge in [0.05, 0.1) is 18.8 Å². The highest BCUT2D eigenvalue weighted by Crippen LogP contribution is 2.04. The summed E-state index contributed by atoms with van der Waals surface area (Å²) in [7, 11) is -4.42. The molecule has 5 nitrogen and oxygen atoms in total. The third-order valence-corrected chi connectivity index (χ3v) is 4.74. The molecule has 0 aromatic carbocycles. The molecule has 0 aliphatic heterocycles. The van der Waals surface area contributed by atoms with Crippen LogP contribution in [0.15, 0.2) is 0 Å². The first-order chi connectivity index (χ1) is 7.26. The van der Waals surface area contributed by atoms with Crippen molar-refractivity contribution in [2.24, 2.45) is 0 Å². The Morgan fingerprint density at radius 1 is 1.44 bits per heavy atom. The van der Waals surface area contributed by atoms with Gasteiger partial charge in [0.1, 0.15) is 9.84 Å². The Kier molecular flexibility index (Phi) is 6.82. The molecule has 0 fully saturated rings. The maximum atomic E-state index is 11.6. The standard InChI is InChI=1S/C9H18O5S2/c1-4-14-9(10)7-8(2)15(11)5-6-16(3,12)13/h8H,4-7H2,1-3H3. The second kappa shape index (κ2) is 7.01. The zero-order valence-electron chi connectivity index (χ0n) is 9.76. The Labute approximate surface area is 98.9 Å². The summed E-state index contributed by atoms with van der Waals surface area (Å²) in [4.78, 5) is 11.1. The monoisotopic (exact) mass is 270 g/mol. The van der Waals surface area contributed by atoms with Gasteiger partial charge in [-0.25, -0.2) is 8.42 Å². The van der Waals surface area contributed by atoms with Gasteiger partial charge < -0.3 is 4.74 Å². The van der Waals surface area contributed by atoms with Crippen molar-refractivity contribution < 1.29 is 22.2 Å². The molecule has 0 heterocycles. The smallest absolute Gasteiger partial charge is 0.306 e. The summed E-state index contributed by atoms with van der Waals surface area (Å²) in [5, 5.41) is -0.374. The van der Waals surface area contributed by atoms with Gasteiger partial charge in [0.25, 0.3) is 0 Å². The molecule has 7 heteroatoms. The average molecular weight is 270 g/mol. The molecule has 0 spiro atoms. The molecule has 96 valence electrons. The van der Waals surface area contributed by atoms with Crippen LogP contribution >= 0.6 is 0 Å². The minimum absolute atomic E-state index is 0.0597. The Morgan fingerprint density at radius 2 is 2.00 bits per heavy atom. The van der Waals surface area contributed by atoms with E-state index in [0.717, 1.165) is 6.26 Å². The summed E-state index contributed by atoms with van der Waals surface area (Å²) in [5.41, 5.74) is 0. The lowest BCUT2D eigenvalue weighted by Gasteiger charge is -2.10. The van der Waals surface area contributed by atoms with Crippen LogP contribution in [0.5, 0.6) is 0 Å². The van der Waals surface area contributed by atoms with E-state index < -0.39 is 26.6 Å². The Bertz CT molecular complexity index is 347. The molecule has 0 aliphatic rings. The van der Waals surface area contributed by atoms with Crippen LogP contribution < -0.4 is 0 Å². The third-order valence-electron chi connectivity index (χ3n) is 1.86. The second-order valence-corrected chi connectivity index (χ2v) is 7.77. The van der Waals surface area contributed by atoms with Crippen molar-refractivity contribution in [2.75, 3.05) is 24.4 Å². The van der Waals surface area contributed by atoms with Crippen LogP contribution in [0.3, 0.4) is 0 Å². The fourth-order valence-electron chi connectivity index (χ4n) is 0.982. The van der Waals surface area contributed by atoms with E-state index in [0.29, 0.717) is 6.61 Å². The van der Waals surface area contributed by atoms with Crippen molar-refractivity contribution in [3.05, 3.63) is 0 Å². The van der Waals surface area contributed by atoms with E-state index in [4.69, 9.17) is 4.74 Å². The number of hydrogen-bond acceptors (Lipinski definition) is 5.